The maximum absolute atomic E-state index is 10.9. The number of hydrogen-bond donors (Lipinski definition) is 0. The van der Waals surface area contributed by atoms with E-state index in [1.54, 1.807) is 6.20 Å². The number of imidazole rings is 1. The van der Waals surface area contributed by atoms with E-state index in [-0.39, 0.29) is 5.15 Å². The number of rotatable bonds is 4. The number of aldehydes is 1. The summed E-state index contributed by atoms with van der Waals surface area (Å²) in [4.78, 5) is 23.0. The molecule has 0 aliphatic rings. The molecule has 0 amide bonds. The first kappa shape index (κ1) is 11.7. The van der Waals surface area contributed by atoms with Gasteiger partial charge in [0.2, 0.25) is 0 Å². The summed E-state index contributed by atoms with van der Waals surface area (Å²) in [6.07, 6.45) is 6.11. The van der Waals surface area contributed by atoms with Crippen LogP contribution >= 0.6 is 11.6 Å². The molecule has 0 aliphatic carbocycles. The van der Waals surface area contributed by atoms with Crippen molar-refractivity contribution in [2.24, 2.45) is 0 Å². The van der Waals surface area contributed by atoms with Crippen LogP contribution in [-0.4, -0.2) is 25.8 Å². The SMILES string of the molecule is CCn1ccnc1Cc1ncnc(Cl)c1C=O. The zero-order valence-electron chi connectivity index (χ0n) is 9.30. The van der Waals surface area contributed by atoms with E-state index in [2.05, 4.69) is 15.0 Å². The molecule has 0 spiro atoms. The summed E-state index contributed by atoms with van der Waals surface area (Å²) in [5.74, 6) is 0.852. The molecule has 17 heavy (non-hydrogen) atoms. The van der Waals surface area contributed by atoms with E-state index in [4.69, 9.17) is 11.6 Å². The molecule has 0 atom stereocenters. The van der Waals surface area contributed by atoms with Gasteiger partial charge in [-0.05, 0) is 6.92 Å². The van der Waals surface area contributed by atoms with Crippen LogP contribution in [0.15, 0.2) is 18.7 Å². The number of carbonyl (C=O) groups is 1. The zero-order valence-corrected chi connectivity index (χ0v) is 10.1. The van der Waals surface area contributed by atoms with Crippen LogP contribution in [-0.2, 0) is 13.0 Å². The Morgan fingerprint density at radius 2 is 2.24 bits per heavy atom. The molecular formula is C11H11ClN4O. The highest BCUT2D eigenvalue weighted by Gasteiger charge is 2.12. The van der Waals surface area contributed by atoms with Crippen molar-refractivity contribution < 1.29 is 4.79 Å². The molecule has 2 heterocycles. The Morgan fingerprint density at radius 1 is 1.41 bits per heavy atom. The predicted molar refractivity (Wildman–Crippen MR) is 63.1 cm³/mol. The summed E-state index contributed by atoms with van der Waals surface area (Å²) in [5, 5.41) is 0.180. The van der Waals surface area contributed by atoms with Gasteiger partial charge in [0.1, 0.15) is 17.3 Å². The van der Waals surface area contributed by atoms with Crippen LogP contribution in [0.1, 0.15) is 28.8 Å². The van der Waals surface area contributed by atoms with Gasteiger partial charge >= 0.3 is 0 Å². The minimum absolute atomic E-state index is 0.180. The van der Waals surface area contributed by atoms with Crippen LogP contribution < -0.4 is 0 Å². The fraction of sp³-hybridized carbons (Fsp3) is 0.273. The first-order valence-electron chi connectivity index (χ1n) is 5.20. The molecule has 5 nitrogen and oxygen atoms in total. The Balaban J connectivity index is 2.36. The third-order valence-electron chi connectivity index (χ3n) is 2.50. The average Bonchev–Trinajstić information content (AvgIpc) is 2.77. The number of nitrogens with zero attached hydrogens (tertiary/aromatic N) is 4. The second-order valence-corrected chi connectivity index (χ2v) is 3.81. The van der Waals surface area contributed by atoms with E-state index < -0.39 is 0 Å². The third kappa shape index (κ3) is 2.34. The summed E-state index contributed by atoms with van der Waals surface area (Å²) in [6.45, 7) is 2.85. The highest BCUT2D eigenvalue weighted by Crippen LogP contribution is 2.15. The van der Waals surface area contributed by atoms with Crippen LogP contribution in [0, 0.1) is 0 Å². The quantitative estimate of drug-likeness (QED) is 0.613. The van der Waals surface area contributed by atoms with Crippen LogP contribution in [0.2, 0.25) is 5.15 Å². The normalized spacial score (nSPS) is 10.5. The summed E-state index contributed by atoms with van der Waals surface area (Å²) in [5.41, 5.74) is 0.931. The van der Waals surface area contributed by atoms with Crippen LogP contribution in [0.3, 0.4) is 0 Å². The summed E-state index contributed by atoms with van der Waals surface area (Å²) < 4.78 is 1.99. The average molecular weight is 251 g/mol. The molecule has 0 aliphatic heterocycles. The van der Waals surface area contributed by atoms with E-state index in [1.807, 2.05) is 17.7 Å². The number of halogens is 1. The van der Waals surface area contributed by atoms with Gasteiger partial charge in [-0.15, -0.1) is 0 Å². The van der Waals surface area contributed by atoms with E-state index in [1.165, 1.54) is 6.33 Å². The van der Waals surface area contributed by atoms with Crippen molar-refractivity contribution in [3.05, 3.63) is 41.0 Å². The molecule has 2 rings (SSSR count). The Hall–Kier alpha value is -1.75. The maximum atomic E-state index is 10.9. The standard InChI is InChI=1S/C11H11ClN4O/c1-2-16-4-3-13-10(16)5-9-8(6-17)11(12)15-7-14-9/h3-4,6-7H,2,5H2,1H3. The molecular weight excluding hydrogens is 240 g/mol. The minimum Gasteiger partial charge on any atom is -0.335 e. The summed E-state index contributed by atoms with van der Waals surface area (Å²) >= 11 is 5.83. The number of hydrogen-bond acceptors (Lipinski definition) is 4. The van der Waals surface area contributed by atoms with Crippen molar-refractivity contribution in [3.8, 4) is 0 Å². The van der Waals surface area contributed by atoms with E-state index in [0.29, 0.717) is 24.0 Å². The number of aromatic nitrogens is 4. The predicted octanol–water partition coefficient (Wildman–Crippen LogP) is 1.75. The largest absolute Gasteiger partial charge is 0.335 e. The minimum atomic E-state index is 0.180. The van der Waals surface area contributed by atoms with Gasteiger partial charge in [-0.25, -0.2) is 15.0 Å². The van der Waals surface area contributed by atoms with Crippen LogP contribution in [0.5, 0.6) is 0 Å². The monoisotopic (exact) mass is 250 g/mol. The van der Waals surface area contributed by atoms with Gasteiger partial charge in [0.15, 0.2) is 6.29 Å². The highest BCUT2D eigenvalue weighted by atomic mass is 35.5. The van der Waals surface area contributed by atoms with E-state index in [9.17, 15) is 4.79 Å². The van der Waals surface area contributed by atoms with Crippen molar-refractivity contribution in [1.82, 2.24) is 19.5 Å². The lowest BCUT2D eigenvalue weighted by Gasteiger charge is -2.06. The lowest BCUT2D eigenvalue weighted by molar-refractivity contribution is 0.112. The number of carbonyl (C=O) groups excluding carboxylic acids is 1. The first-order valence-corrected chi connectivity index (χ1v) is 5.58. The fourth-order valence-electron chi connectivity index (χ4n) is 1.61. The topological polar surface area (TPSA) is 60.7 Å². The molecule has 0 aromatic carbocycles. The van der Waals surface area contributed by atoms with Crippen molar-refractivity contribution in [2.45, 2.75) is 19.9 Å². The second-order valence-electron chi connectivity index (χ2n) is 3.45. The van der Waals surface area contributed by atoms with Crippen molar-refractivity contribution >= 4 is 17.9 Å². The molecule has 0 fully saturated rings. The van der Waals surface area contributed by atoms with Crippen molar-refractivity contribution in [3.63, 3.8) is 0 Å². The molecule has 6 heteroatoms. The second kappa shape index (κ2) is 5.05. The molecule has 0 unspecified atom stereocenters. The Kier molecular flexibility index (Phi) is 3.49. The lowest BCUT2D eigenvalue weighted by atomic mass is 10.2. The Morgan fingerprint density at radius 3 is 2.94 bits per heavy atom. The van der Waals surface area contributed by atoms with Crippen LogP contribution in [0.4, 0.5) is 0 Å². The fourth-order valence-corrected chi connectivity index (χ4v) is 1.81. The van der Waals surface area contributed by atoms with Crippen LogP contribution in [0.25, 0.3) is 0 Å². The molecule has 2 aromatic heterocycles. The molecule has 0 bridgehead atoms. The molecule has 0 radical (unpaired) electrons. The van der Waals surface area contributed by atoms with Gasteiger partial charge in [0, 0.05) is 25.4 Å². The highest BCUT2D eigenvalue weighted by molar-refractivity contribution is 6.31. The number of aryl methyl sites for hydroxylation is 1. The molecule has 0 saturated carbocycles. The maximum Gasteiger partial charge on any atom is 0.155 e. The summed E-state index contributed by atoms with van der Waals surface area (Å²) in [6, 6.07) is 0. The zero-order chi connectivity index (χ0) is 12.3. The molecule has 2 aromatic rings. The molecule has 88 valence electrons. The van der Waals surface area contributed by atoms with Crippen molar-refractivity contribution in [2.75, 3.05) is 0 Å². The molecule has 0 saturated heterocycles. The van der Waals surface area contributed by atoms with Gasteiger partial charge in [0.25, 0.3) is 0 Å². The Labute approximate surface area is 103 Å². The van der Waals surface area contributed by atoms with Gasteiger partial charge < -0.3 is 4.57 Å². The first-order chi connectivity index (χ1) is 8.26. The van der Waals surface area contributed by atoms with Gasteiger partial charge in [-0.2, -0.15) is 0 Å². The molecule has 0 N–H and O–H groups in total. The van der Waals surface area contributed by atoms with Gasteiger partial charge in [-0.3, -0.25) is 4.79 Å². The van der Waals surface area contributed by atoms with E-state index >= 15 is 0 Å². The van der Waals surface area contributed by atoms with E-state index in [0.717, 1.165) is 12.4 Å². The smallest absolute Gasteiger partial charge is 0.155 e. The summed E-state index contributed by atoms with van der Waals surface area (Å²) in [7, 11) is 0. The third-order valence-corrected chi connectivity index (χ3v) is 2.80. The van der Waals surface area contributed by atoms with Crippen molar-refractivity contribution in [1.29, 1.82) is 0 Å². The Bertz CT molecular complexity index is 538. The van der Waals surface area contributed by atoms with Gasteiger partial charge in [0.05, 0.1) is 11.3 Å². The van der Waals surface area contributed by atoms with Gasteiger partial charge in [-0.1, -0.05) is 11.6 Å². The lowest BCUT2D eigenvalue weighted by Crippen LogP contribution is -2.06.